The SMILES string of the molecule is O=C(O)c1ccccc1Cl.[Pb]. The van der Waals surface area contributed by atoms with Crippen LogP contribution in [0.25, 0.3) is 0 Å². The second-order valence-electron chi connectivity index (χ2n) is 1.78. The number of aromatic carboxylic acids is 1. The molecule has 0 amide bonds. The first-order valence-electron chi connectivity index (χ1n) is 2.69. The number of hydrogen-bond acceptors (Lipinski definition) is 1. The van der Waals surface area contributed by atoms with Crippen molar-refractivity contribution >= 4 is 44.9 Å². The van der Waals surface area contributed by atoms with E-state index in [4.69, 9.17) is 16.7 Å². The molecule has 1 aromatic carbocycles. The fourth-order valence-electron chi connectivity index (χ4n) is 0.635. The number of hydrogen-bond donors (Lipinski definition) is 1. The Bertz CT molecular complexity index is 262. The molecule has 2 nitrogen and oxygen atoms in total. The monoisotopic (exact) mass is 364 g/mol. The molecule has 0 aliphatic heterocycles. The second kappa shape index (κ2) is 4.71. The molecule has 0 saturated carbocycles. The zero-order valence-electron chi connectivity index (χ0n) is 5.54. The van der Waals surface area contributed by atoms with Crippen LogP contribution < -0.4 is 0 Å². The Hall–Kier alpha value is -0.0979. The Labute approximate surface area is 89.3 Å². The van der Waals surface area contributed by atoms with Gasteiger partial charge in [0.2, 0.25) is 0 Å². The first-order chi connectivity index (χ1) is 4.72. The fourth-order valence-corrected chi connectivity index (χ4v) is 0.851. The quantitative estimate of drug-likeness (QED) is 0.771. The summed E-state index contributed by atoms with van der Waals surface area (Å²) in [5.41, 5.74) is 0.143. The van der Waals surface area contributed by atoms with Gasteiger partial charge in [0.05, 0.1) is 10.6 Å². The molecule has 4 heteroatoms. The normalized spacial score (nSPS) is 8.45. The van der Waals surface area contributed by atoms with Crippen LogP contribution in [0.3, 0.4) is 0 Å². The summed E-state index contributed by atoms with van der Waals surface area (Å²) in [6.07, 6.45) is 0. The van der Waals surface area contributed by atoms with Crippen molar-refractivity contribution < 1.29 is 9.90 Å². The maximum atomic E-state index is 10.3. The third-order valence-corrected chi connectivity index (χ3v) is 1.43. The van der Waals surface area contributed by atoms with Crippen molar-refractivity contribution in [2.75, 3.05) is 0 Å². The van der Waals surface area contributed by atoms with E-state index in [0.29, 0.717) is 0 Å². The second-order valence-corrected chi connectivity index (χ2v) is 2.19. The van der Waals surface area contributed by atoms with Crippen LogP contribution >= 0.6 is 11.6 Å². The van der Waals surface area contributed by atoms with Gasteiger partial charge in [0, 0.05) is 27.3 Å². The van der Waals surface area contributed by atoms with Gasteiger partial charge in [-0.3, -0.25) is 0 Å². The Balaban J connectivity index is 0.000001000. The zero-order valence-corrected chi connectivity index (χ0v) is 10.2. The summed E-state index contributed by atoms with van der Waals surface area (Å²) in [6, 6.07) is 6.33. The Kier molecular flexibility index (Phi) is 4.67. The summed E-state index contributed by atoms with van der Waals surface area (Å²) in [5, 5.41) is 8.75. The molecule has 0 fully saturated rings. The first-order valence-corrected chi connectivity index (χ1v) is 3.07. The van der Waals surface area contributed by atoms with Crippen molar-refractivity contribution in [3.05, 3.63) is 34.9 Å². The van der Waals surface area contributed by atoms with Crippen LogP contribution in [-0.4, -0.2) is 38.4 Å². The van der Waals surface area contributed by atoms with Crippen molar-refractivity contribution in [2.24, 2.45) is 0 Å². The van der Waals surface area contributed by atoms with Gasteiger partial charge in [-0.1, -0.05) is 23.7 Å². The molecule has 1 aromatic rings. The average molecular weight is 364 g/mol. The minimum absolute atomic E-state index is 0. The number of benzene rings is 1. The summed E-state index contributed by atoms with van der Waals surface area (Å²) in [4.78, 5) is 10.3. The van der Waals surface area contributed by atoms with Crippen molar-refractivity contribution in [1.82, 2.24) is 0 Å². The summed E-state index contributed by atoms with van der Waals surface area (Å²) in [7, 11) is 0. The maximum absolute atomic E-state index is 10.3. The van der Waals surface area contributed by atoms with Crippen LogP contribution in [0.2, 0.25) is 5.02 Å². The van der Waals surface area contributed by atoms with Crippen molar-refractivity contribution in [1.29, 1.82) is 0 Å². The number of carbonyl (C=O) groups is 1. The van der Waals surface area contributed by atoms with Gasteiger partial charge in [-0.15, -0.1) is 0 Å². The van der Waals surface area contributed by atoms with E-state index in [0.717, 1.165) is 0 Å². The number of rotatable bonds is 1. The Morgan fingerprint density at radius 1 is 1.36 bits per heavy atom. The molecular formula is C7H5ClO2Pb. The molecule has 0 aliphatic rings. The summed E-state index contributed by atoms with van der Waals surface area (Å²) >= 11 is 5.54. The molecule has 1 rings (SSSR count). The van der Waals surface area contributed by atoms with Crippen molar-refractivity contribution in [3.63, 3.8) is 0 Å². The van der Waals surface area contributed by atoms with Crippen molar-refractivity contribution in [3.8, 4) is 0 Å². The largest absolute Gasteiger partial charge is 0.478 e. The van der Waals surface area contributed by atoms with E-state index in [2.05, 4.69) is 0 Å². The van der Waals surface area contributed by atoms with Crippen LogP contribution in [-0.2, 0) is 0 Å². The molecule has 0 spiro atoms. The maximum Gasteiger partial charge on any atom is 0.337 e. The molecule has 0 aromatic heterocycles. The van der Waals surface area contributed by atoms with Crippen LogP contribution in [0.15, 0.2) is 24.3 Å². The predicted molar refractivity (Wildman–Crippen MR) is 44.2 cm³/mol. The molecule has 0 heterocycles. The van der Waals surface area contributed by atoms with Gasteiger partial charge in [0.1, 0.15) is 0 Å². The molecule has 0 aliphatic carbocycles. The van der Waals surface area contributed by atoms with Crippen LogP contribution in [0, 0.1) is 0 Å². The smallest absolute Gasteiger partial charge is 0.337 e. The average Bonchev–Trinajstić information content (AvgIpc) is 1.88. The van der Waals surface area contributed by atoms with E-state index >= 15 is 0 Å². The number of carboxylic acid groups (broad SMARTS) is 1. The van der Waals surface area contributed by atoms with Crippen LogP contribution in [0.5, 0.6) is 0 Å². The summed E-state index contributed by atoms with van der Waals surface area (Å²) < 4.78 is 0. The molecular weight excluding hydrogens is 359 g/mol. The van der Waals surface area contributed by atoms with Gasteiger partial charge in [-0.05, 0) is 12.1 Å². The Morgan fingerprint density at radius 2 is 1.91 bits per heavy atom. The number of halogens is 1. The van der Waals surface area contributed by atoms with Gasteiger partial charge < -0.3 is 5.11 Å². The molecule has 11 heavy (non-hydrogen) atoms. The molecule has 0 atom stereocenters. The molecule has 0 bridgehead atoms. The fraction of sp³-hybridized carbons (Fsp3) is 0. The van der Waals surface area contributed by atoms with E-state index in [1.54, 1.807) is 18.2 Å². The van der Waals surface area contributed by atoms with E-state index < -0.39 is 5.97 Å². The van der Waals surface area contributed by atoms with Gasteiger partial charge in [0.15, 0.2) is 0 Å². The number of carboxylic acids is 1. The van der Waals surface area contributed by atoms with Crippen LogP contribution in [0.1, 0.15) is 10.4 Å². The van der Waals surface area contributed by atoms with Crippen LogP contribution in [0.4, 0.5) is 0 Å². The van der Waals surface area contributed by atoms with Gasteiger partial charge in [-0.2, -0.15) is 0 Å². The summed E-state index contributed by atoms with van der Waals surface area (Å²) in [5.74, 6) is -0.995. The third-order valence-electron chi connectivity index (χ3n) is 1.10. The third kappa shape index (κ3) is 2.78. The minimum Gasteiger partial charge on any atom is -0.478 e. The molecule has 4 radical (unpaired) electrons. The van der Waals surface area contributed by atoms with E-state index in [1.807, 2.05) is 0 Å². The standard InChI is InChI=1S/C7H5ClO2.Pb/c8-6-4-2-1-3-5(6)7(9)10;/h1-4H,(H,9,10);. The molecule has 0 unspecified atom stereocenters. The zero-order chi connectivity index (χ0) is 7.56. The van der Waals surface area contributed by atoms with Crippen molar-refractivity contribution in [2.45, 2.75) is 0 Å². The Morgan fingerprint density at radius 3 is 2.27 bits per heavy atom. The van der Waals surface area contributed by atoms with Gasteiger partial charge in [-0.25, -0.2) is 4.79 Å². The summed E-state index contributed by atoms with van der Waals surface area (Å²) in [6.45, 7) is 0. The minimum atomic E-state index is -0.995. The predicted octanol–water partition coefficient (Wildman–Crippen LogP) is 1.66. The molecule has 56 valence electrons. The van der Waals surface area contributed by atoms with E-state index in [-0.39, 0.29) is 37.9 Å². The first kappa shape index (κ1) is 10.9. The van der Waals surface area contributed by atoms with Gasteiger partial charge in [0.25, 0.3) is 0 Å². The van der Waals surface area contributed by atoms with E-state index in [9.17, 15) is 4.79 Å². The van der Waals surface area contributed by atoms with Gasteiger partial charge >= 0.3 is 5.97 Å². The van der Waals surface area contributed by atoms with E-state index in [1.165, 1.54) is 6.07 Å². The molecule has 1 N–H and O–H groups in total. The topological polar surface area (TPSA) is 37.3 Å². The molecule has 0 saturated heterocycles.